The molecule has 0 heterocycles. The Kier molecular flexibility index (Phi) is 6.58. The van der Waals surface area contributed by atoms with Crippen molar-refractivity contribution in [1.82, 2.24) is 5.32 Å². The minimum atomic E-state index is -0.140. The van der Waals surface area contributed by atoms with Gasteiger partial charge in [0.15, 0.2) is 5.12 Å². The molecule has 0 aliphatic rings. The van der Waals surface area contributed by atoms with Gasteiger partial charge in [-0.05, 0) is 21.9 Å². The van der Waals surface area contributed by atoms with Crippen LogP contribution in [-0.4, -0.2) is 9.86 Å². The second-order valence-electron chi connectivity index (χ2n) is 8.23. The van der Waals surface area contributed by atoms with Crippen LogP contribution in [0.3, 0.4) is 0 Å². The maximum absolute atomic E-state index is 13.0. The molecule has 2 nitrogen and oxygen atoms in total. The number of thioether (sulfide) groups is 1. The second-order valence-corrected chi connectivity index (χ2v) is 10.1. The zero-order chi connectivity index (χ0) is 20.1. The normalized spacial score (nSPS) is 14.0. The average Bonchev–Trinajstić information content (AvgIpc) is 2.67. The van der Waals surface area contributed by atoms with E-state index >= 15 is 0 Å². The van der Waals surface area contributed by atoms with E-state index in [1.54, 1.807) is 0 Å². The third-order valence-corrected chi connectivity index (χ3v) is 5.99. The summed E-state index contributed by atoms with van der Waals surface area (Å²) in [6.45, 7) is 9.05. The summed E-state index contributed by atoms with van der Waals surface area (Å²) in [7, 11) is 0. The first-order valence-corrected chi connectivity index (χ1v) is 10.6. The number of nitrogens with one attached hydrogen (secondary N) is 1. The van der Waals surface area contributed by atoms with Gasteiger partial charge in [-0.25, -0.2) is 0 Å². The predicted octanol–water partition coefficient (Wildman–Crippen LogP) is 6.37. The zero-order valence-corrected chi connectivity index (χ0v) is 17.9. The van der Waals surface area contributed by atoms with Crippen LogP contribution in [-0.2, 0) is 11.3 Å². The standard InChI is InChI=1S/C25H29NOS/c1-18(24(27)28-25(2,3)4)23(26-17-19-11-6-5-7-12-19)22-16-10-14-20-13-8-9-15-21(20)22/h5-16,18,23,26H,17H2,1-4H3/t18-,23+/m1/s1. The Balaban J connectivity index is 1.94. The fraction of sp³-hybridized carbons (Fsp3) is 0.320. The van der Waals surface area contributed by atoms with E-state index in [0.717, 1.165) is 6.54 Å². The third kappa shape index (κ3) is 5.24. The lowest BCUT2D eigenvalue weighted by molar-refractivity contribution is -0.114. The van der Waals surface area contributed by atoms with Crippen molar-refractivity contribution in [3.63, 3.8) is 0 Å². The van der Waals surface area contributed by atoms with Crippen LogP contribution >= 0.6 is 11.8 Å². The van der Waals surface area contributed by atoms with Gasteiger partial charge in [0.2, 0.25) is 0 Å². The summed E-state index contributed by atoms with van der Waals surface area (Å²) in [5, 5.41) is 6.31. The smallest absolute Gasteiger partial charge is 0.194 e. The van der Waals surface area contributed by atoms with Crippen molar-refractivity contribution in [2.24, 2.45) is 5.92 Å². The van der Waals surface area contributed by atoms with Crippen LogP contribution in [0.25, 0.3) is 10.8 Å². The van der Waals surface area contributed by atoms with Gasteiger partial charge in [-0.15, -0.1) is 0 Å². The molecule has 0 saturated carbocycles. The molecular weight excluding hydrogens is 362 g/mol. The predicted molar refractivity (Wildman–Crippen MR) is 121 cm³/mol. The van der Waals surface area contributed by atoms with Crippen LogP contribution in [0.2, 0.25) is 0 Å². The van der Waals surface area contributed by atoms with Crippen molar-refractivity contribution >= 4 is 27.6 Å². The molecule has 3 aromatic rings. The van der Waals surface area contributed by atoms with Crippen molar-refractivity contribution in [3.05, 3.63) is 83.9 Å². The fourth-order valence-corrected chi connectivity index (χ4v) is 4.36. The van der Waals surface area contributed by atoms with Crippen molar-refractivity contribution < 1.29 is 4.79 Å². The molecule has 146 valence electrons. The SMILES string of the molecule is C[C@@H](C(=O)SC(C)(C)C)[C@H](NCc1ccccc1)c1cccc2ccccc12. The lowest BCUT2D eigenvalue weighted by atomic mass is 9.91. The Bertz CT molecular complexity index is 925. The molecule has 0 spiro atoms. The maximum atomic E-state index is 13.0. The number of hydrogen-bond acceptors (Lipinski definition) is 3. The van der Waals surface area contributed by atoms with E-state index in [4.69, 9.17) is 0 Å². The number of carbonyl (C=O) groups excluding carboxylic acids is 1. The van der Waals surface area contributed by atoms with Crippen molar-refractivity contribution in [3.8, 4) is 0 Å². The topological polar surface area (TPSA) is 29.1 Å². The molecule has 0 fully saturated rings. The Morgan fingerprint density at radius 2 is 1.57 bits per heavy atom. The summed E-state index contributed by atoms with van der Waals surface area (Å²) in [5.74, 6) is -0.140. The summed E-state index contributed by atoms with van der Waals surface area (Å²) in [4.78, 5) is 13.0. The first kappa shape index (κ1) is 20.6. The molecule has 0 aliphatic heterocycles. The molecule has 0 amide bonds. The van der Waals surface area contributed by atoms with Gasteiger partial charge in [0.1, 0.15) is 0 Å². The van der Waals surface area contributed by atoms with E-state index in [-0.39, 0.29) is 21.8 Å². The number of rotatable bonds is 6. The van der Waals surface area contributed by atoms with Gasteiger partial charge in [0, 0.05) is 23.3 Å². The quantitative estimate of drug-likeness (QED) is 0.530. The molecule has 2 atom stereocenters. The Morgan fingerprint density at radius 1 is 0.929 bits per heavy atom. The molecule has 0 saturated heterocycles. The average molecular weight is 392 g/mol. The molecule has 28 heavy (non-hydrogen) atoms. The number of benzene rings is 3. The molecule has 0 unspecified atom stereocenters. The third-order valence-electron chi connectivity index (χ3n) is 4.81. The van der Waals surface area contributed by atoms with E-state index in [1.165, 1.54) is 33.7 Å². The number of hydrogen-bond donors (Lipinski definition) is 1. The highest BCUT2D eigenvalue weighted by Gasteiger charge is 2.29. The highest BCUT2D eigenvalue weighted by atomic mass is 32.2. The lowest BCUT2D eigenvalue weighted by Gasteiger charge is -2.28. The van der Waals surface area contributed by atoms with E-state index in [9.17, 15) is 4.79 Å². The largest absolute Gasteiger partial charge is 0.305 e. The highest BCUT2D eigenvalue weighted by molar-refractivity contribution is 8.14. The van der Waals surface area contributed by atoms with Crippen molar-refractivity contribution in [1.29, 1.82) is 0 Å². The van der Waals surface area contributed by atoms with Gasteiger partial charge in [-0.2, -0.15) is 0 Å². The van der Waals surface area contributed by atoms with Gasteiger partial charge < -0.3 is 5.32 Å². The Hall–Kier alpha value is -2.10. The molecule has 0 bridgehead atoms. The van der Waals surface area contributed by atoms with E-state index in [0.29, 0.717) is 0 Å². The summed E-state index contributed by atoms with van der Waals surface area (Å²) >= 11 is 1.44. The summed E-state index contributed by atoms with van der Waals surface area (Å²) < 4.78 is -0.0892. The lowest BCUT2D eigenvalue weighted by Crippen LogP contribution is -2.31. The van der Waals surface area contributed by atoms with E-state index in [2.05, 4.69) is 80.7 Å². The number of carbonyl (C=O) groups is 1. The van der Waals surface area contributed by atoms with E-state index in [1.807, 2.05) is 25.1 Å². The van der Waals surface area contributed by atoms with E-state index < -0.39 is 0 Å². The second kappa shape index (κ2) is 8.93. The van der Waals surface area contributed by atoms with Crippen molar-refractivity contribution in [2.45, 2.75) is 45.0 Å². The molecule has 3 heteroatoms. The number of fused-ring (bicyclic) bond motifs is 1. The van der Waals surface area contributed by atoms with Crippen molar-refractivity contribution in [2.75, 3.05) is 0 Å². The van der Waals surface area contributed by atoms with Crippen LogP contribution in [0.5, 0.6) is 0 Å². The molecule has 0 aromatic heterocycles. The summed E-state index contributed by atoms with van der Waals surface area (Å²) in [6, 6.07) is 25.1. The van der Waals surface area contributed by atoms with Gasteiger partial charge in [0.25, 0.3) is 0 Å². The van der Waals surface area contributed by atoms with Crippen LogP contribution < -0.4 is 5.32 Å². The summed E-state index contributed by atoms with van der Waals surface area (Å²) in [6.07, 6.45) is 0. The van der Waals surface area contributed by atoms with Gasteiger partial charge in [-0.3, -0.25) is 4.79 Å². The summed E-state index contributed by atoms with van der Waals surface area (Å²) in [5.41, 5.74) is 2.40. The minimum Gasteiger partial charge on any atom is -0.305 e. The molecule has 3 rings (SSSR count). The van der Waals surface area contributed by atoms with Gasteiger partial charge >= 0.3 is 0 Å². The first-order chi connectivity index (χ1) is 13.3. The van der Waals surface area contributed by atoms with Gasteiger partial charge in [-0.1, -0.05) is 112 Å². The highest BCUT2D eigenvalue weighted by Crippen LogP contribution is 2.35. The zero-order valence-electron chi connectivity index (χ0n) is 17.1. The van der Waals surface area contributed by atoms with Gasteiger partial charge in [0.05, 0.1) is 0 Å². The Labute approximate surface area is 172 Å². The monoisotopic (exact) mass is 391 g/mol. The fourth-order valence-electron chi connectivity index (χ4n) is 3.43. The Morgan fingerprint density at radius 3 is 2.29 bits per heavy atom. The minimum absolute atomic E-state index is 0.0475. The molecule has 1 N–H and O–H groups in total. The maximum Gasteiger partial charge on any atom is 0.194 e. The molecular formula is C25H29NOS. The first-order valence-electron chi connectivity index (χ1n) is 9.83. The van der Waals surface area contributed by atoms with Crippen LogP contribution in [0, 0.1) is 5.92 Å². The van der Waals surface area contributed by atoms with Crippen LogP contribution in [0.15, 0.2) is 72.8 Å². The van der Waals surface area contributed by atoms with Crippen LogP contribution in [0.1, 0.15) is 44.9 Å². The molecule has 0 radical (unpaired) electrons. The molecule has 3 aromatic carbocycles. The molecule has 0 aliphatic carbocycles. The van der Waals surface area contributed by atoms with Crippen LogP contribution in [0.4, 0.5) is 0 Å².